The molecule has 0 amide bonds. The Bertz CT molecular complexity index is 937. The fourth-order valence-electron chi connectivity index (χ4n) is 3.01. The molecule has 2 aromatic carbocycles. The zero-order chi connectivity index (χ0) is 17.4. The first kappa shape index (κ1) is 16.2. The Hall–Kier alpha value is -2.62. The third-order valence-electron chi connectivity index (χ3n) is 4.32. The van der Waals surface area contributed by atoms with Crippen molar-refractivity contribution in [2.45, 2.75) is 39.7 Å². The fraction of sp³-hybridized carbons (Fsp3) is 0.300. The van der Waals surface area contributed by atoms with E-state index in [9.17, 15) is 4.79 Å². The van der Waals surface area contributed by atoms with Crippen molar-refractivity contribution >= 4 is 16.6 Å². The van der Waals surface area contributed by atoms with Gasteiger partial charge in [-0.2, -0.15) is 4.98 Å². The normalized spacial score (nSPS) is 11.6. The van der Waals surface area contributed by atoms with Crippen molar-refractivity contribution in [2.24, 2.45) is 0 Å². The molecule has 1 aromatic heterocycles. The van der Waals surface area contributed by atoms with Crippen LogP contribution in [-0.2, 0) is 0 Å². The number of benzene rings is 2. The van der Waals surface area contributed by atoms with Crippen molar-refractivity contribution in [3.8, 4) is 11.3 Å². The molecule has 4 nitrogen and oxygen atoms in total. The van der Waals surface area contributed by atoms with E-state index < -0.39 is 0 Å². The quantitative estimate of drug-likeness (QED) is 0.730. The van der Waals surface area contributed by atoms with Crippen LogP contribution in [0.5, 0.6) is 0 Å². The van der Waals surface area contributed by atoms with Gasteiger partial charge in [-0.3, -0.25) is 4.57 Å². The number of fused-ring (bicyclic) bond motifs is 1. The van der Waals surface area contributed by atoms with Crippen LogP contribution in [-0.4, -0.2) is 9.55 Å². The second kappa shape index (κ2) is 6.11. The van der Waals surface area contributed by atoms with Crippen LogP contribution >= 0.6 is 0 Å². The summed E-state index contributed by atoms with van der Waals surface area (Å²) in [6.45, 7) is 8.28. The van der Waals surface area contributed by atoms with Crippen LogP contribution in [0.25, 0.3) is 22.2 Å². The molecule has 0 aliphatic heterocycles. The maximum absolute atomic E-state index is 12.5. The van der Waals surface area contributed by atoms with Gasteiger partial charge in [0, 0.05) is 22.7 Å². The highest BCUT2D eigenvalue weighted by Crippen LogP contribution is 2.29. The first-order valence-electron chi connectivity index (χ1n) is 8.30. The summed E-state index contributed by atoms with van der Waals surface area (Å²) in [7, 11) is 0. The molecule has 3 rings (SSSR count). The zero-order valence-corrected chi connectivity index (χ0v) is 14.6. The van der Waals surface area contributed by atoms with E-state index in [0.717, 1.165) is 16.5 Å². The van der Waals surface area contributed by atoms with Gasteiger partial charge in [0.25, 0.3) is 0 Å². The van der Waals surface area contributed by atoms with E-state index in [1.807, 2.05) is 44.2 Å². The average Bonchev–Trinajstić information content (AvgIpc) is 2.54. The summed E-state index contributed by atoms with van der Waals surface area (Å²) in [4.78, 5) is 16.9. The van der Waals surface area contributed by atoms with Gasteiger partial charge in [0.1, 0.15) is 0 Å². The van der Waals surface area contributed by atoms with Crippen molar-refractivity contribution in [3.63, 3.8) is 0 Å². The summed E-state index contributed by atoms with van der Waals surface area (Å²) >= 11 is 0. The van der Waals surface area contributed by atoms with Crippen LogP contribution in [0.4, 0.5) is 5.69 Å². The van der Waals surface area contributed by atoms with Gasteiger partial charge >= 0.3 is 5.69 Å². The number of rotatable bonds is 3. The van der Waals surface area contributed by atoms with Gasteiger partial charge in [-0.05, 0) is 43.5 Å². The Balaban J connectivity index is 2.30. The van der Waals surface area contributed by atoms with Crippen LogP contribution in [0.3, 0.4) is 0 Å². The standard InChI is InChI=1S/C20H23N3O/c1-12(2)14-5-7-15(8-6-14)19-17-11-16(21)9-10-18(17)23(13(3)4)20(24)22-19/h5-13H,21H2,1-4H3. The van der Waals surface area contributed by atoms with E-state index in [-0.39, 0.29) is 11.7 Å². The lowest BCUT2D eigenvalue weighted by molar-refractivity contribution is 0.587. The Morgan fingerprint density at radius 3 is 2.25 bits per heavy atom. The predicted molar refractivity (Wildman–Crippen MR) is 100 cm³/mol. The first-order chi connectivity index (χ1) is 11.4. The molecule has 0 aliphatic rings. The topological polar surface area (TPSA) is 60.9 Å². The summed E-state index contributed by atoms with van der Waals surface area (Å²) in [5.41, 5.74) is 10.2. The van der Waals surface area contributed by atoms with Crippen LogP contribution in [0.2, 0.25) is 0 Å². The lowest BCUT2D eigenvalue weighted by Crippen LogP contribution is -2.25. The number of hydrogen-bond donors (Lipinski definition) is 1. The third-order valence-corrected chi connectivity index (χ3v) is 4.32. The van der Waals surface area contributed by atoms with Crippen LogP contribution in [0, 0.1) is 0 Å². The minimum Gasteiger partial charge on any atom is -0.399 e. The maximum atomic E-state index is 12.5. The highest BCUT2D eigenvalue weighted by molar-refractivity contribution is 5.94. The minimum absolute atomic E-state index is 0.0356. The zero-order valence-electron chi connectivity index (χ0n) is 14.6. The van der Waals surface area contributed by atoms with Crippen molar-refractivity contribution in [1.82, 2.24) is 9.55 Å². The summed E-state index contributed by atoms with van der Waals surface area (Å²) < 4.78 is 1.71. The van der Waals surface area contributed by atoms with Gasteiger partial charge < -0.3 is 5.73 Å². The predicted octanol–water partition coefficient (Wildman–Crippen LogP) is 4.35. The Kier molecular flexibility index (Phi) is 4.14. The lowest BCUT2D eigenvalue weighted by Gasteiger charge is -2.16. The molecular weight excluding hydrogens is 298 g/mol. The van der Waals surface area contributed by atoms with Crippen molar-refractivity contribution in [1.29, 1.82) is 0 Å². The van der Waals surface area contributed by atoms with Gasteiger partial charge in [0.05, 0.1) is 11.2 Å². The monoisotopic (exact) mass is 321 g/mol. The molecule has 0 spiro atoms. The summed E-state index contributed by atoms with van der Waals surface area (Å²) in [5.74, 6) is 0.466. The van der Waals surface area contributed by atoms with Crippen LogP contribution < -0.4 is 11.4 Å². The highest BCUT2D eigenvalue weighted by atomic mass is 16.1. The van der Waals surface area contributed by atoms with E-state index in [4.69, 9.17) is 5.73 Å². The molecule has 4 heteroatoms. The number of nitrogen functional groups attached to an aromatic ring is 1. The van der Waals surface area contributed by atoms with Gasteiger partial charge in [-0.1, -0.05) is 38.1 Å². The Morgan fingerprint density at radius 1 is 1.00 bits per heavy atom. The highest BCUT2D eigenvalue weighted by Gasteiger charge is 2.14. The minimum atomic E-state index is -0.231. The molecule has 3 aromatic rings. The van der Waals surface area contributed by atoms with E-state index in [1.165, 1.54) is 5.56 Å². The van der Waals surface area contributed by atoms with E-state index >= 15 is 0 Å². The molecule has 2 N–H and O–H groups in total. The molecule has 0 aliphatic carbocycles. The number of hydrogen-bond acceptors (Lipinski definition) is 3. The number of aromatic nitrogens is 2. The molecule has 0 unspecified atom stereocenters. The Morgan fingerprint density at radius 2 is 1.67 bits per heavy atom. The summed E-state index contributed by atoms with van der Waals surface area (Å²) in [6.07, 6.45) is 0. The lowest BCUT2D eigenvalue weighted by atomic mass is 9.99. The van der Waals surface area contributed by atoms with Crippen molar-refractivity contribution in [2.75, 3.05) is 5.73 Å². The number of nitrogens with two attached hydrogens (primary N) is 1. The maximum Gasteiger partial charge on any atom is 0.348 e. The molecular formula is C20H23N3O. The van der Waals surface area contributed by atoms with E-state index in [2.05, 4.69) is 31.0 Å². The first-order valence-corrected chi connectivity index (χ1v) is 8.30. The van der Waals surface area contributed by atoms with Crippen molar-refractivity contribution in [3.05, 3.63) is 58.5 Å². The molecule has 124 valence electrons. The number of anilines is 1. The molecule has 1 heterocycles. The Labute approximate surface area is 142 Å². The summed E-state index contributed by atoms with van der Waals surface area (Å²) in [5, 5.41) is 0.903. The fourth-order valence-corrected chi connectivity index (χ4v) is 3.01. The van der Waals surface area contributed by atoms with Gasteiger partial charge in [0.2, 0.25) is 0 Å². The van der Waals surface area contributed by atoms with Crippen LogP contribution in [0.15, 0.2) is 47.3 Å². The van der Waals surface area contributed by atoms with Gasteiger partial charge in [-0.15, -0.1) is 0 Å². The summed E-state index contributed by atoms with van der Waals surface area (Å²) in [6, 6.07) is 13.9. The van der Waals surface area contributed by atoms with Crippen molar-refractivity contribution < 1.29 is 0 Å². The van der Waals surface area contributed by atoms with Crippen LogP contribution in [0.1, 0.15) is 45.2 Å². The molecule has 0 atom stereocenters. The van der Waals surface area contributed by atoms with Gasteiger partial charge in [0.15, 0.2) is 0 Å². The molecule has 0 radical (unpaired) electrons. The second-order valence-electron chi connectivity index (χ2n) is 6.76. The number of nitrogens with zero attached hydrogens (tertiary/aromatic N) is 2. The van der Waals surface area contributed by atoms with Gasteiger partial charge in [-0.25, -0.2) is 4.79 Å². The molecule has 0 fully saturated rings. The van der Waals surface area contributed by atoms with E-state index in [0.29, 0.717) is 17.3 Å². The third kappa shape index (κ3) is 2.80. The largest absolute Gasteiger partial charge is 0.399 e. The smallest absolute Gasteiger partial charge is 0.348 e. The SMILES string of the molecule is CC(C)c1ccc(-c2nc(=O)n(C(C)C)c3ccc(N)cc23)cc1. The molecule has 0 saturated carbocycles. The molecule has 0 bridgehead atoms. The van der Waals surface area contributed by atoms with E-state index in [1.54, 1.807) is 4.57 Å². The molecule has 24 heavy (non-hydrogen) atoms. The molecule has 0 saturated heterocycles. The average molecular weight is 321 g/mol. The second-order valence-corrected chi connectivity index (χ2v) is 6.76.